The molecule has 110 valence electrons. The number of ether oxygens (including phenoxy) is 3. The minimum absolute atomic E-state index is 0.0393. The summed E-state index contributed by atoms with van der Waals surface area (Å²) in [6, 6.07) is 12.2. The number of benzene rings is 2. The number of methoxy groups -OCH3 is 2. The lowest BCUT2D eigenvalue weighted by atomic mass is 9.92. The standard InChI is InChI=1S/C18H20O3/c1-11-9-17-15(10-16(11)20-4)12(2)18(21-17)13-5-7-14(19-3)8-6-13/h5-10,12,18H,1-4H3/t12-,18-/m0/s1. The molecule has 2 aromatic carbocycles. The molecule has 0 N–H and O–H groups in total. The van der Waals surface area contributed by atoms with Crippen molar-refractivity contribution in [2.45, 2.75) is 25.9 Å². The van der Waals surface area contributed by atoms with Crippen LogP contribution in [0.5, 0.6) is 17.2 Å². The van der Waals surface area contributed by atoms with Crippen molar-refractivity contribution < 1.29 is 14.2 Å². The molecule has 0 aromatic heterocycles. The molecule has 0 bridgehead atoms. The lowest BCUT2D eigenvalue weighted by Crippen LogP contribution is -2.07. The van der Waals surface area contributed by atoms with E-state index in [-0.39, 0.29) is 6.10 Å². The molecule has 0 fully saturated rings. The van der Waals surface area contributed by atoms with Crippen LogP contribution in [0.15, 0.2) is 36.4 Å². The van der Waals surface area contributed by atoms with Gasteiger partial charge < -0.3 is 14.2 Å². The van der Waals surface area contributed by atoms with Crippen molar-refractivity contribution in [3.05, 3.63) is 53.1 Å². The Bertz CT molecular complexity index is 646. The monoisotopic (exact) mass is 284 g/mol. The quantitative estimate of drug-likeness (QED) is 0.843. The largest absolute Gasteiger partial charge is 0.497 e. The van der Waals surface area contributed by atoms with Crippen molar-refractivity contribution >= 4 is 0 Å². The predicted octanol–water partition coefficient (Wildman–Crippen LogP) is 4.25. The maximum absolute atomic E-state index is 6.16. The topological polar surface area (TPSA) is 27.7 Å². The van der Waals surface area contributed by atoms with Gasteiger partial charge in [-0.2, -0.15) is 0 Å². The van der Waals surface area contributed by atoms with Gasteiger partial charge in [-0.3, -0.25) is 0 Å². The SMILES string of the molecule is COc1ccc([C@H]2Oc3cc(C)c(OC)cc3[C@@H]2C)cc1. The second kappa shape index (κ2) is 5.32. The molecule has 3 rings (SSSR count). The molecule has 1 aliphatic heterocycles. The molecule has 0 unspecified atom stereocenters. The zero-order chi connectivity index (χ0) is 15.0. The molecule has 1 aliphatic rings. The molecule has 0 aliphatic carbocycles. The van der Waals surface area contributed by atoms with Crippen LogP contribution in [0.4, 0.5) is 0 Å². The zero-order valence-electron chi connectivity index (χ0n) is 12.8. The number of rotatable bonds is 3. The Morgan fingerprint density at radius 1 is 1.00 bits per heavy atom. The number of hydrogen-bond donors (Lipinski definition) is 0. The molecular weight excluding hydrogens is 264 g/mol. The summed E-state index contributed by atoms with van der Waals surface area (Å²) in [5.74, 6) is 3.03. The second-order valence-corrected chi connectivity index (χ2v) is 5.46. The first-order chi connectivity index (χ1) is 10.1. The third-order valence-electron chi connectivity index (χ3n) is 4.17. The highest BCUT2D eigenvalue weighted by Crippen LogP contribution is 2.47. The second-order valence-electron chi connectivity index (χ2n) is 5.46. The highest BCUT2D eigenvalue weighted by atomic mass is 16.5. The van der Waals surface area contributed by atoms with E-state index in [9.17, 15) is 0 Å². The molecule has 1 heterocycles. The number of aryl methyl sites for hydroxylation is 1. The Morgan fingerprint density at radius 2 is 1.71 bits per heavy atom. The summed E-state index contributed by atoms with van der Waals surface area (Å²) in [6.07, 6.45) is 0.0393. The zero-order valence-corrected chi connectivity index (χ0v) is 12.8. The molecule has 2 aromatic rings. The Morgan fingerprint density at radius 3 is 2.33 bits per heavy atom. The van der Waals surface area contributed by atoms with E-state index in [0.29, 0.717) is 5.92 Å². The summed E-state index contributed by atoms with van der Waals surface area (Å²) >= 11 is 0. The van der Waals surface area contributed by atoms with Gasteiger partial charge in [0, 0.05) is 11.5 Å². The van der Waals surface area contributed by atoms with Gasteiger partial charge in [-0.25, -0.2) is 0 Å². The van der Waals surface area contributed by atoms with Crippen LogP contribution < -0.4 is 14.2 Å². The van der Waals surface area contributed by atoms with Crippen molar-refractivity contribution in [1.82, 2.24) is 0 Å². The Hall–Kier alpha value is -2.16. The van der Waals surface area contributed by atoms with Gasteiger partial charge in [0.1, 0.15) is 23.4 Å². The number of fused-ring (bicyclic) bond motifs is 1. The van der Waals surface area contributed by atoms with Gasteiger partial charge in [-0.1, -0.05) is 19.1 Å². The average Bonchev–Trinajstić information content (AvgIpc) is 2.82. The smallest absolute Gasteiger partial charge is 0.130 e. The third-order valence-corrected chi connectivity index (χ3v) is 4.17. The van der Waals surface area contributed by atoms with Crippen LogP contribution in [0.1, 0.15) is 35.6 Å². The minimum atomic E-state index is 0.0393. The van der Waals surface area contributed by atoms with Crippen molar-refractivity contribution in [1.29, 1.82) is 0 Å². The molecular formula is C18H20O3. The van der Waals surface area contributed by atoms with Gasteiger partial charge in [0.2, 0.25) is 0 Å². The fourth-order valence-corrected chi connectivity index (χ4v) is 2.91. The Labute approximate surface area is 125 Å². The highest BCUT2D eigenvalue weighted by molar-refractivity contribution is 5.51. The van der Waals surface area contributed by atoms with E-state index in [4.69, 9.17) is 14.2 Å². The number of hydrogen-bond acceptors (Lipinski definition) is 3. The first-order valence-electron chi connectivity index (χ1n) is 7.13. The predicted molar refractivity (Wildman–Crippen MR) is 82.5 cm³/mol. The van der Waals surface area contributed by atoms with E-state index >= 15 is 0 Å². The third kappa shape index (κ3) is 2.33. The average molecular weight is 284 g/mol. The van der Waals surface area contributed by atoms with E-state index in [1.54, 1.807) is 14.2 Å². The van der Waals surface area contributed by atoms with Crippen LogP contribution in [-0.4, -0.2) is 14.2 Å². The van der Waals surface area contributed by atoms with E-state index in [2.05, 4.69) is 31.2 Å². The Balaban J connectivity index is 1.93. The fourth-order valence-electron chi connectivity index (χ4n) is 2.91. The first-order valence-corrected chi connectivity index (χ1v) is 7.13. The summed E-state index contributed by atoms with van der Waals surface area (Å²) in [5.41, 5.74) is 3.47. The van der Waals surface area contributed by atoms with Gasteiger partial charge >= 0.3 is 0 Å². The molecule has 0 amide bonds. The van der Waals surface area contributed by atoms with Crippen LogP contribution in [0.25, 0.3) is 0 Å². The molecule has 0 radical (unpaired) electrons. The Kier molecular flexibility index (Phi) is 3.50. The lowest BCUT2D eigenvalue weighted by molar-refractivity contribution is 0.216. The van der Waals surface area contributed by atoms with Gasteiger partial charge in [0.15, 0.2) is 0 Å². The van der Waals surface area contributed by atoms with E-state index in [1.165, 1.54) is 5.56 Å². The molecule has 3 nitrogen and oxygen atoms in total. The van der Waals surface area contributed by atoms with Crippen LogP contribution in [0.2, 0.25) is 0 Å². The molecule has 0 saturated heterocycles. The van der Waals surface area contributed by atoms with Crippen LogP contribution >= 0.6 is 0 Å². The molecule has 21 heavy (non-hydrogen) atoms. The highest BCUT2D eigenvalue weighted by Gasteiger charge is 2.33. The summed E-state index contributed by atoms with van der Waals surface area (Å²) in [4.78, 5) is 0. The fraction of sp³-hybridized carbons (Fsp3) is 0.333. The molecule has 2 atom stereocenters. The lowest BCUT2D eigenvalue weighted by Gasteiger charge is -2.16. The molecule has 0 spiro atoms. The van der Waals surface area contributed by atoms with E-state index in [0.717, 1.165) is 28.4 Å². The maximum atomic E-state index is 6.16. The maximum Gasteiger partial charge on any atom is 0.130 e. The van der Waals surface area contributed by atoms with Crippen LogP contribution in [-0.2, 0) is 0 Å². The normalized spacial score (nSPS) is 19.8. The van der Waals surface area contributed by atoms with Crippen LogP contribution in [0.3, 0.4) is 0 Å². The first kappa shape index (κ1) is 13.8. The van der Waals surface area contributed by atoms with Crippen molar-refractivity contribution in [3.8, 4) is 17.2 Å². The minimum Gasteiger partial charge on any atom is -0.497 e. The summed E-state index contributed by atoms with van der Waals surface area (Å²) in [7, 11) is 3.38. The molecule has 0 saturated carbocycles. The summed E-state index contributed by atoms with van der Waals surface area (Å²) in [5, 5.41) is 0. The van der Waals surface area contributed by atoms with Gasteiger partial charge in [0.05, 0.1) is 14.2 Å². The van der Waals surface area contributed by atoms with Crippen molar-refractivity contribution in [2.24, 2.45) is 0 Å². The van der Waals surface area contributed by atoms with E-state index < -0.39 is 0 Å². The van der Waals surface area contributed by atoms with Crippen molar-refractivity contribution in [2.75, 3.05) is 14.2 Å². The summed E-state index contributed by atoms with van der Waals surface area (Å²) in [6.45, 7) is 4.23. The van der Waals surface area contributed by atoms with Gasteiger partial charge in [-0.05, 0) is 42.3 Å². The van der Waals surface area contributed by atoms with Gasteiger partial charge in [0.25, 0.3) is 0 Å². The van der Waals surface area contributed by atoms with E-state index in [1.807, 2.05) is 19.1 Å². The molecule has 3 heteroatoms. The van der Waals surface area contributed by atoms with Gasteiger partial charge in [-0.15, -0.1) is 0 Å². The van der Waals surface area contributed by atoms with Crippen molar-refractivity contribution in [3.63, 3.8) is 0 Å². The summed E-state index contributed by atoms with van der Waals surface area (Å²) < 4.78 is 16.8. The van der Waals surface area contributed by atoms with Crippen LogP contribution in [0, 0.1) is 6.92 Å².